The monoisotopic (exact) mass is 345 g/mol. The Morgan fingerprint density at radius 2 is 1.92 bits per heavy atom. The summed E-state index contributed by atoms with van der Waals surface area (Å²) in [7, 11) is 4.28. The highest BCUT2D eigenvalue weighted by atomic mass is 16.4. The second kappa shape index (κ2) is 6.84. The molecule has 0 radical (unpaired) electrons. The maximum absolute atomic E-state index is 5.63. The van der Waals surface area contributed by atoms with Crippen LogP contribution >= 0.6 is 0 Å². The zero-order valence-electron chi connectivity index (χ0n) is 15.4. The number of likely N-dealkylation sites (tertiary alicyclic amines) is 1. The summed E-state index contributed by atoms with van der Waals surface area (Å²) in [5.41, 5.74) is 0. The molecule has 1 atom stereocenters. The Bertz CT molecular complexity index is 720. The summed E-state index contributed by atoms with van der Waals surface area (Å²) in [5, 5.41) is 17.0. The van der Waals surface area contributed by atoms with Crippen LogP contribution in [0.4, 0.5) is 0 Å². The minimum absolute atomic E-state index is 0.523. The molecule has 8 nitrogen and oxygen atoms in total. The van der Waals surface area contributed by atoms with Crippen LogP contribution in [-0.4, -0.2) is 60.9 Å². The molecule has 0 spiro atoms. The third-order valence-electron chi connectivity index (χ3n) is 5.37. The van der Waals surface area contributed by atoms with Gasteiger partial charge in [-0.15, -0.1) is 20.4 Å². The van der Waals surface area contributed by atoms with Gasteiger partial charge < -0.3 is 8.98 Å². The Hall–Kier alpha value is -1.80. The molecule has 0 N–H and O–H groups in total. The first-order valence-electron chi connectivity index (χ1n) is 9.26. The molecule has 136 valence electrons. The van der Waals surface area contributed by atoms with Crippen molar-refractivity contribution in [2.24, 2.45) is 7.05 Å². The topological polar surface area (TPSA) is 76.1 Å². The minimum Gasteiger partial charge on any atom is -0.424 e. The molecule has 0 amide bonds. The minimum atomic E-state index is 0.523. The van der Waals surface area contributed by atoms with Crippen molar-refractivity contribution in [3.63, 3.8) is 0 Å². The quantitative estimate of drug-likeness (QED) is 0.749. The van der Waals surface area contributed by atoms with E-state index in [9.17, 15) is 0 Å². The maximum atomic E-state index is 5.63. The number of hydrogen-bond acceptors (Lipinski definition) is 7. The summed E-state index contributed by atoms with van der Waals surface area (Å²) in [6.45, 7) is 5.69. The molecule has 0 bridgehead atoms. The van der Waals surface area contributed by atoms with Crippen molar-refractivity contribution >= 4 is 0 Å². The van der Waals surface area contributed by atoms with E-state index in [-0.39, 0.29) is 0 Å². The highest BCUT2D eigenvalue weighted by molar-refractivity contribution is 5.07. The van der Waals surface area contributed by atoms with Gasteiger partial charge >= 0.3 is 0 Å². The molecular formula is C17H27N7O. The third-order valence-corrected chi connectivity index (χ3v) is 5.37. The van der Waals surface area contributed by atoms with Gasteiger partial charge in [0.2, 0.25) is 11.8 Å². The molecule has 2 aromatic heterocycles. The molecule has 4 rings (SSSR count). The SMILES string of the molecule is CCc1nnc(CN2CC[C@@H](N(C)Cc3nnc(C4CC4)n3C)C2)o1. The van der Waals surface area contributed by atoms with E-state index in [4.69, 9.17) is 4.42 Å². The molecule has 0 aromatic carbocycles. The summed E-state index contributed by atoms with van der Waals surface area (Å²) in [4.78, 5) is 4.78. The van der Waals surface area contributed by atoms with Crippen molar-refractivity contribution in [1.82, 2.24) is 34.8 Å². The normalized spacial score (nSPS) is 21.5. The first-order chi connectivity index (χ1) is 12.1. The first-order valence-corrected chi connectivity index (χ1v) is 9.26. The lowest BCUT2D eigenvalue weighted by Crippen LogP contribution is -2.34. The van der Waals surface area contributed by atoms with Crippen LogP contribution in [0.25, 0.3) is 0 Å². The Labute approximate surface area is 148 Å². The molecule has 8 heteroatoms. The second-order valence-corrected chi connectivity index (χ2v) is 7.34. The van der Waals surface area contributed by atoms with Crippen LogP contribution in [0.15, 0.2) is 4.42 Å². The van der Waals surface area contributed by atoms with Crippen molar-refractivity contribution in [2.45, 2.75) is 57.7 Å². The fourth-order valence-corrected chi connectivity index (χ4v) is 3.56. The standard InChI is InChI=1S/C17H27N7O/c1-4-15-19-20-16(25-15)11-24-8-7-13(9-24)22(2)10-14-18-21-17(23(14)3)12-5-6-12/h12-13H,4-11H2,1-3H3/t13-/m1/s1. The molecule has 25 heavy (non-hydrogen) atoms. The average Bonchev–Trinajstić information content (AvgIpc) is 3.02. The zero-order chi connectivity index (χ0) is 17.4. The van der Waals surface area contributed by atoms with Crippen LogP contribution in [0, 0.1) is 0 Å². The van der Waals surface area contributed by atoms with Crippen LogP contribution in [0.1, 0.15) is 55.5 Å². The van der Waals surface area contributed by atoms with Gasteiger partial charge in [0, 0.05) is 38.5 Å². The zero-order valence-corrected chi connectivity index (χ0v) is 15.4. The van der Waals surface area contributed by atoms with Gasteiger partial charge in [-0.2, -0.15) is 0 Å². The number of rotatable bonds is 7. The van der Waals surface area contributed by atoms with Crippen LogP contribution in [0.2, 0.25) is 0 Å². The van der Waals surface area contributed by atoms with E-state index < -0.39 is 0 Å². The van der Waals surface area contributed by atoms with Crippen LogP contribution in [0.3, 0.4) is 0 Å². The predicted molar refractivity (Wildman–Crippen MR) is 91.8 cm³/mol. The fourth-order valence-electron chi connectivity index (χ4n) is 3.56. The lowest BCUT2D eigenvalue weighted by molar-refractivity contribution is 0.210. The van der Waals surface area contributed by atoms with Gasteiger partial charge in [0.05, 0.1) is 13.1 Å². The third kappa shape index (κ3) is 3.59. The molecule has 2 aliphatic rings. The number of aryl methyl sites for hydroxylation is 1. The van der Waals surface area contributed by atoms with Gasteiger partial charge in [0.25, 0.3) is 0 Å². The number of hydrogen-bond donors (Lipinski definition) is 0. The summed E-state index contributed by atoms with van der Waals surface area (Å²) in [5.74, 6) is 4.30. The van der Waals surface area contributed by atoms with Crippen molar-refractivity contribution in [3.8, 4) is 0 Å². The largest absolute Gasteiger partial charge is 0.424 e. The molecule has 1 saturated heterocycles. The average molecular weight is 345 g/mol. The fraction of sp³-hybridized carbons (Fsp3) is 0.765. The maximum Gasteiger partial charge on any atom is 0.230 e. The van der Waals surface area contributed by atoms with Crippen molar-refractivity contribution in [1.29, 1.82) is 0 Å². The van der Waals surface area contributed by atoms with E-state index in [0.29, 0.717) is 12.0 Å². The van der Waals surface area contributed by atoms with Crippen molar-refractivity contribution in [2.75, 3.05) is 20.1 Å². The van der Waals surface area contributed by atoms with Gasteiger partial charge in [-0.3, -0.25) is 9.80 Å². The molecule has 0 unspecified atom stereocenters. The van der Waals surface area contributed by atoms with Gasteiger partial charge in [0.15, 0.2) is 0 Å². The Morgan fingerprint density at radius 1 is 1.12 bits per heavy atom. The second-order valence-electron chi connectivity index (χ2n) is 7.34. The lowest BCUT2D eigenvalue weighted by Gasteiger charge is -2.24. The van der Waals surface area contributed by atoms with E-state index in [2.05, 4.69) is 48.9 Å². The summed E-state index contributed by atoms with van der Waals surface area (Å²) in [6.07, 6.45) is 4.46. The number of aromatic nitrogens is 5. The molecule has 1 aliphatic heterocycles. The van der Waals surface area contributed by atoms with Gasteiger partial charge in [-0.05, 0) is 26.3 Å². The number of likely N-dealkylation sites (N-methyl/N-ethyl adjacent to an activating group) is 1. The van der Waals surface area contributed by atoms with Gasteiger partial charge in [0.1, 0.15) is 11.6 Å². The summed E-state index contributed by atoms with van der Waals surface area (Å²) in [6, 6.07) is 0.523. The van der Waals surface area contributed by atoms with Crippen LogP contribution in [-0.2, 0) is 26.6 Å². The molecule has 1 saturated carbocycles. The summed E-state index contributed by atoms with van der Waals surface area (Å²) >= 11 is 0. The van der Waals surface area contributed by atoms with Gasteiger partial charge in [-0.1, -0.05) is 6.92 Å². The molecular weight excluding hydrogens is 318 g/mol. The summed E-state index contributed by atoms with van der Waals surface area (Å²) < 4.78 is 7.82. The van der Waals surface area contributed by atoms with E-state index in [1.807, 2.05) is 6.92 Å². The van der Waals surface area contributed by atoms with E-state index in [0.717, 1.165) is 62.5 Å². The Kier molecular flexibility index (Phi) is 4.56. The predicted octanol–water partition coefficient (Wildman–Crippen LogP) is 1.34. The van der Waals surface area contributed by atoms with Gasteiger partial charge in [-0.25, -0.2) is 0 Å². The van der Waals surface area contributed by atoms with E-state index in [1.54, 1.807) is 0 Å². The van der Waals surface area contributed by atoms with Crippen LogP contribution < -0.4 is 0 Å². The van der Waals surface area contributed by atoms with Crippen molar-refractivity contribution in [3.05, 3.63) is 23.4 Å². The molecule has 2 fully saturated rings. The van der Waals surface area contributed by atoms with E-state index >= 15 is 0 Å². The van der Waals surface area contributed by atoms with Crippen molar-refractivity contribution < 1.29 is 4.42 Å². The number of nitrogens with zero attached hydrogens (tertiary/aromatic N) is 7. The lowest BCUT2D eigenvalue weighted by atomic mass is 10.2. The molecule has 3 heterocycles. The first kappa shape index (κ1) is 16.7. The molecule has 1 aliphatic carbocycles. The smallest absolute Gasteiger partial charge is 0.230 e. The Morgan fingerprint density at radius 3 is 2.64 bits per heavy atom. The highest BCUT2D eigenvalue weighted by Gasteiger charge is 2.31. The van der Waals surface area contributed by atoms with E-state index in [1.165, 1.54) is 12.8 Å². The van der Waals surface area contributed by atoms with Crippen LogP contribution in [0.5, 0.6) is 0 Å². The molecule has 2 aromatic rings. The Balaban J connectivity index is 1.31. The highest BCUT2D eigenvalue weighted by Crippen LogP contribution is 2.38.